The molecule has 25 heavy (non-hydrogen) atoms. The van der Waals surface area contributed by atoms with Crippen LogP contribution >= 0.6 is 0 Å². The molecule has 0 spiro atoms. The second-order valence-corrected chi connectivity index (χ2v) is 7.16. The Bertz CT molecular complexity index is 715. The molecule has 3 heterocycles. The van der Waals surface area contributed by atoms with Crippen molar-refractivity contribution in [3.63, 3.8) is 0 Å². The van der Waals surface area contributed by atoms with Gasteiger partial charge in [-0.3, -0.25) is 14.4 Å². The lowest BCUT2D eigenvalue weighted by Gasteiger charge is -2.41. The summed E-state index contributed by atoms with van der Waals surface area (Å²) >= 11 is 0. The number of amides is 3. The van der Waals surface area contributed by atoms with E-state index in [4.69, 9.17) is 0 Å². The number of nitrogens with zero attached hydrogens (tertiary/aromatic N) is 3. The molecule has 0 radical (unpaired) electrons. The minimum Gasteiger partial charge on any atom is -0.336 e. The van der Waals surface area contributed by atoms with E-state index in [1.165, 1.54) is 0 Å². The maximum absolute atomic E-state index is 12.9. The van der Waals surface area contributed by atoms with Crippen LogP contribution in [-0.2, 0) is 9.59 Å². The van der Waals surface area contributed by atoms with Crippen molar-refractivity contribution in [2.45, 2.75) is 44.7 Å². The van der Waals surface area contributed by atoms with E-state index in [0.29, 0.717) is 18.5 Å². The molecule has 3 saturated heterocycles. The molecule has 3 fully saturated rings. The molecule has 0 aromatic heterocycles. The Labute approximate surface area is 147 Å². The Morgan fingerprint density at radius 2 is 1.84 bits per heavy atom. The molecule has 4 rings (SSSR count). The monoisotopic (exact) mass is 341 g/mol. The molecular formula is C19H23N3O3. The Morgan fingerprint density at radius 3 is 2.52 bits per heavy atom. The number of carbonyl (C=O) groups excluding carboxylic acids is 3. The SMILES string of the molecule is C[C@H]1C(=O)N2CCC[C@@H]2CN1C(=O)c1ccc(N2CCCC2=O)cc1. The molecule has 6 nitrogen and oxygen atoms in total. The van der Waals surface area contributed by atoms with Gasteiger partial charge in [-0.1, -0.05) is 0 Å². The topological polar surface area (TPSA) is 60.9 Å². The number of rotatable bonds is 2. The predicted octanol–water partition coefficient (Wildman–Crippen LogP) is 1.65. The van der Waals surface area contributed by atoms with Gasteiger partial charge < -0.3 is 14.7 Å². The lowest BCUT2D eigenvalue weighted by atomic mass is 10.0. The van der Waals surface area contributed by atoms with Crippen LogP contribution in [-0.4, -0.2) is 59.2 Å². The van der Waals surface area contributed by atoms with E-state index in [-0.39, 0.29) is 23.8 Å². The van der Waals surface area contributed by atoms with E-state index in [1.807, 2.05) is 24.0 Å². The third-order valence-electron chi connectivity index (χ3n) is 5.65. The highest BCUT2D eigenvalue weighted by atomic mass is 16.2. The van der Waals surface area contributed by atoms with Crippen LogP contribution in [0.15, 0.2) is 24.3 Å². The van der Waals surface area contributed by atoms with Crippen LogP contribution < -0.4 is 4.90 Å². The van der Waals surface area contributed by atoms with Gasteiger partial charge in [-0.25, -0.2) is 0 Å². The largest absolute Gasteiger partial charge is 0.336 e. The Balaban J connectivity index is 1.52. The van der Waals surface area contributed by atoms with Crippen molar-refractivity contribution in [2.75, 3.05) is 24.5 Å². The van der Waals surface area contributed by atoms with Crippen LogP contribution in [0, 0.1) is 0 Å². The first-order valence-electron chi connectivity index (χ1n) is 9.08. The minimum atomic E-state index is -0.415. The Kier molecular flexibility index (Phi) is 3.98. The van der Waals surface area contributed by atoms with Gasteiger partial charge >= 0.3 is 0 Å². The lowest BCUT2D eigenvalue weighted by Crippen LogP contribution is -2.60. The van der Waals surface area contributed by atoms with Crippen molar-refractivity contribution in [3.05, 3.63) is 29.8 Å². The standard InChI is InChI=1S/C19H23N3O3/c1-13-18(24)21-11-2-4-16(21)12-22(13)19(25)14-6-8-15(9-7-14)20-10-3-5-17(20)23/h6-9,13,16H,2-5,10-12H2,1H3/t13-,16+/m0/s1. The molecule has 132 valence electrons. The first kappa shape index (κ1) is 16.1. The molecule has 1 aromatic rings. The zero-order valence-electron chi connectivity index (χ0n) is 14.5. The van der Waals surface area contributed by atoms with E-state index < -0.39 is 6.04 Å². The molecule has 0 N–H and O–H groups in total. The molecule has 3 aliphatic rings. The van der Waals surface area contributed by atoms with Gasteiger partial charge in [0.15, 0.2) is 0 Å². The first-order valence-corrected chi connectivity index (χ1v) is 9.08. The lowest BCUT2D eigenvalue weighted by molar-refractivity contribution is -0.141. The summed E-state index contributed by atoms with van der Waals surface area (Å²) in [7, 11) is 0. The number of carbonyl (C=O) groups is 3. The smallest absolute Gasteiger partial charge is 0.254 e. The van der Waals surface area contributed by atoms with Gasteiger partial charge in [-0.2, -0.15) is 0 Å². The van der Waals surface area contributed by atoms with Gasteiger partial charge in [0.25, 0.3) is 5.91 Å². The number of hydrogen-bond donors (Lipinski definition) is 0. The summed E-state index contributed by atoms with van der Waals surface area (Å²) in [5.41, 5.74) is 1.41. The molecule has 3 amide bonds. The molecule has 0 aliphatic carbocycles. The highest BCUT2D eigenvalue weighted by Gasteiger charge is 2.42. The molecule has 6 heteroatoms. The molecule has 1 aromatic carbocycles. The minimum absolute atomic E-state index is 0.0568. The third-order valence-corrected chi connectivity index (χ3v) is 5.65. The highest BCUT2D eigenvalue weighted by Crippen LogP contribution is 2.27. The summed E-state index contributed by atoms with van der Waals surface area (Å²) in [6, 6.07) is 6.93. The third kappa shape index (κ3) is 2.69. The number of anilines is 1. The van der Waals surface area contributed by atoms with E-state index >= 15 is 0 Å². The van der Waals surface area contributed by atoms with Crippen LogP contribution in [0.5, 0.6) is 0 Å². The van der Waals surface area contributed by atoms with Gasteiger partial charge in [0, 0.05) is 43.3 Å². The van der Waals surface area contributed by atoms with E-state index in [0.717, 1.165) is 38.0 Å². The summed E-state index contributed by atoms with van der Waals surface area (Å²) in [5, 5.41) is 0. The predicted molar refractivity (Wildman–Crippen MR) is 93.3 cm³/mol. The maximum Gasteiger partial charge on any atom is 0.254 e. The van der Waals surface area contributed by atoms with Crippen molar-refractivity contribution in [1.29, 1.82) is 0 Å². The van der Waals surface area contributed by atoms with Crippen LogP contribution in [0.3, 0.4) is 0 Å². The van der Waals surface area contributed by atoms with Crippen LogP contribution in [0.4, 0.5) is 5.69 Å². The molecule has 0 bridgehead atoms. The van der Waals surface area contributed by atoms with Crippen molar-refractivity contribution in [2.24, 2.45) is 0 Å². The molecule has 2 atom stereocenters. The summed E-state index contributed by atoms with van der Waals surface area (Å²) in [5.74, 6) is 0.0868. The fourth-order valence-corrected chi connectivity index (χ4v) is 4.20. The normalized spacial score (nSPS) is 26.4. The summed E-state index contributed by atoms with van der Waals surface area (Å²) < 4.78 is 0. The summed E-state index contributed by atoms with van der Waals surface area (Å²) in [6.07, 6.45) is 3.46. The average Bonchev–Trinajstić information content (AvgIpc) is 3.26. The molecule has 0 saturated carbocycles. The summed E-state index contributed by atoms with van der Waals surface area (Å²) in [4.78, 5) is 42.6. The van der Waals surface area contributed by atoms with E-state index in [1.54, 1.807) is 21.9 Å². The van der Waals surface area contributed by atoms with Crippen molar-refractivity contribution in [1.82, 2.24) is 9.80 Å². The van der Waals surface area contributed by atoms with Crippen molar-refractivity contribution < 1.29 is 14.4 Å². The zero-order chi connectivity index (χ0) is 17.6. The van der Waals surface area contributed by atoms with Gasteiger partial charge in [-0.05, 0) is 50.5 Å². The number of fused-ring (bicyclic) bond motifs is 1. The molecular weight excluding hydrogens is 318 g/mol. The second-order valence-electron chi connectivity index (χ2n) is 7.16. The molecule has 0 unspecified atom stereocenters. The number of benzene rings is 1. The van der Waals surface area contributed by atoms with Crippen LogP contribution in [0.25, 0.3) is 0 Å². The number of hydrogen-bond acceptors (Lipinski definition) is 3. The quantitative estimate of drug-likeness (QED) is 0.822. The Morgan fingerprint density at radius 1 is 1.08 bits per heavy atom. The fraction of sp³-hybridized carbons (Fsp3) is 0.526. The average molecular weight is 341 g/mol. The maximum atomic E-state index is 12.9. The fourth-order valence-electron chi connectivity index (χ4n) is 4.20. The van der Waals surface area contributed by atoms with Gasteiger partial charge in [0.1, 0.15) is 6.04 Å². The first-order chi connectivity index (χ1) is 12.1. The van der Waals surface area contributed by atoms with Gasteiger partial charge in [0.2, 0.25) is 11.8 Å². The van der Waals surface area contributed by atoms with Crippen molar-refractivity contribution >= 4 is 23.4 Å². The van der Waals surface area contributed by atoms with Crippen LogP contribution in [0.2, 0.25) is 0 Å². The van der Waals surface area contributed by atoms with Gasteiger partial charge in [-0.15, -0.1) is 0 Å². The van der Waals surface area contributed by atoms with Crippen LogP contribution in [0.1, 0.15) is 43.0 Å². The molecule has 3 aliphatic heterocycles. The highest BCUT2D eigenvalue weighted by molar-refractivity contribution is 5.99. The second kappa shape index (κ2) is 6.17. The zero-order valence-corrected chi connectivity index (χ0v) is 14.5. The summed E-state index contributed by atoms with van der Waals surface area (Å²) in [6.45, 7) is 3.97. The van der Waals surface area contributed by atoms with Crippen molar-refractivity contribution in [3.8, 4) is 0 Å². The van der Waals surface area contributed by atoms with E-state index in [2.05, 4.69) is 0 Å². The van der Waals surface area contributed by atoms with E-state index in [9.17, 15) is 14.4 Å². The number of piperazine rings is 1. The van der Waals surface area contributed by atoms with Gasteiger partial charge in [0.05, 0.1) is 0 Å². The Hall–Kier alpha value is -2.37.